The summed E-state index contributed by atoms with van der Waals surface area (Å²) in [4.78, 5) is 39.0. The van der Waals surface area contributed by atoms with E-state index in [0.29, 0.717) is 5.65 Å². The molecule has 0 unspecified atom stereocenters. The third-order valence-electron chi connectivity index (χ3n) is 3.17. The predicted octanol–water partition coefficient (Wildman–Crippen LogP) is 1.02. The predicted molar refractivity (Wildman–Crippen MR) is 81.7 cm³/mol. The zero-order chi connectivity index (χ0) is 17.1. The number of nitrogens with two attached hydrogens (primary N) is 1. The van der Waals surface area contributed by atoms with Gasteiger partial charge in [-0.3, -0.25) is 10.1 Å². The van der Waals surface area contributed by atoms with Gasteiger partial charge in [-0.15, -0.1) is 0 Å². The van der Waals surface area contributed by atoms with Crippen LogP contribution in [0.15, 0.2) is 24.5 Å². The first kappa shape index (κ1) is 16.5. The molecule has 0 saturated carbocycles. The van der Waals surface area contributed by atoms with Crippen LogP contribution in [-0.4, -0.2) is 33.4 Å². The Kier molecular flexibility index (Phi) is 4.63. The van der Waals surface area contributed by atoms with E-state index >= 15 is 0 Å². The molecular weight excluding hydrogens is 300 g/mol. The van der Waals surface area contributed by atoms with Gasteiger partial charge in [0.2, 0.25) is 0 Å². The molecule has 0 fully saturated rings. The Labute approximate surface area is 132 Å². The Bertz CT molecular complexity index is 766. The number of aryl methyl sites for hydroxylation is 1. The van der Waals surface area contributed by atoms with E-state index in [4.69, 9.17) is 10.5 Å². The molecule has 0 aromatic carbocycles. The van der Waals surface area contributed by atoms with E-state index < -0.39 is 24.0 Å². The first-order valence-corrected chi connectivity index (χ1v) is 7.04. The molecule has 0 aliphatic carbocycles. The van der Waals surface area contributed by atoms with Crippen molar-refractivity contribution in [1.82, 2.24) is 14.7 Å². The molecule has 3 amide bonds. The van der Waals surface area contributed by atoms with Gasteiger partial charge in [-0.25, -0.2) is 14.6 Å². The number of ether oxygens (including phenoxy) is 1. The quantitative estimate of drug-likeness (QED) is 0.816. The van der Waals surface area contributed by atoms with E-state index in [0.717, 1.165) is 5.56 Å². The smallest absolute Gasteiger partial charge is 0.359 e. The van der Waals surface area contributed by atoms with Crippen molar-refractivity contribution in [3.63, 3.8) is 0 Å². The number of esters is 1. The number of aromatic nitrogens is 2. The van der Waals surface area contributed by atoms with Gasteiger partial charge in [-0.2, -0.15) is 0 Å². The van der Waals surface area contributed by atoms with E-state index in [1.54, 1.807) is 24.4 Å². The molecule has 8 nitrogen and oxygen atoms in total. The molecule has 2 rings (SSSR count). The number of amides is 3. The van der Waals surface area contributed by atoms with E-state index in [1.807, 2.05) is 24.4 Å². The van der Waals surface area contributed by atoms with E-state index in [9.17, 15) is 14.4 Å². The minimum absolute atomic E-state index is 0.0770. The second-order valence-electron chi connectivity index (χ2n) is 5.52. The van der Waals surface area contributed by atoms with Crippen molar-refractivity contribution in [2.45, 2.75) is 26.9 Å². The highest BCUT2D eigenvalue weighted by Crippen LogP contribution is 2.13. The number of nitrogens with one attached hydrogen (secondary N) is 1. The number of urea groups is 1. The fraction of sp³-hybridized carbons (Fsp3) is 0.333. The summed E-state index contributed by atoms with van der Waals surface area (Å²) in [6.45, 7) is 5.28. The largest absolute Gasteiger partial charge is 0.447 e. The molecule has 2 heterocycles. The van der Waals surface area contributed by atoms with Gasteiger partial charge >= 0.3 is 12.0 Å². The van der Waals surface area contributed by atoms with Gasteiger partial charge in [-0.05, 0) is 30.5 Å². The molecule has 2 aromatic heterocycles. The first-order chi connectivity index (χ1) is 10.8. The van der Waals surface area contributed by atoms with Crippen LogP contribution in [0.1, 0.15) is 29.9 Å². The Morgan fingerprint density at radius 3 is 2.65 bits per heavy atom. The summed E-state index contributed by atoms with van der Waals surface area (Å²) in [5, 5.41) is 1.91. The number of primary amides is 1. The lowest BCUT2D eigenvalue weighted by Crippen LogP contribution is -2.45. The van der Waals surface area contributed by atoms with Crippen LogP contribution in [0.3, 0.4) is 0 Å². The highest BCUT2D eigenvalue weighted by Gasteiger charge is 2.28. The van der Waals surface area contributed by atoms with Gasteiger partial charge < -0.3 is 14.9 Å². The van der Waals surface area contributed by atoms with Gasteiger partial charge in [0.05, 0.1) is 0 Å². The topological polar surface area (TPSA) is 116 Å². The molecule has 122 valence electrons. The maximum Gasteiger partial charge on any atom is 0.359 e. The zero-order valence-corrected chi connectivity index (χ0v) is 13.1. The number of carbonyl (C=O) groups excluding carboxylic acids is 3. The molecular formula is C15H18N4O4. The van der Waals surface area contributed by atoms with Gasteiger partial charge in [-0.1, -0.05) is 13.8 Å². The van der Waals surface area contributed by atoms with Crippen LogP contribution in [0, 0.1) is 12.8 Å². The molecule has 1 atom stereocenters. The summed E-state index contributed by atoms with van der Waals surface area (Å²) in [6, 6.07) is 2.69. The third-order valence-corrected chi connectivity index (χ3v) is 3.17. The van der Waals surface area contributed by atoms with Crippen LogP contribution >= 0.6 is 0 Å². The molecule has 0 spiro atoms. The number of imide groups is 1. The second kappa shape index (κ2) is 6.47. The van der Waals surface area contributed by atoms with Gasteiger partial charge in [0.15, 0.2) is 11.8 Å². The highest BCUT2D eigenvalue weighted by atomic mass is 16.5. The number of fused-ring (bicyclic) bond motifs is 1. The average molecular weight is 318 g/mol. The average Bonchev–Trinajstić information content (AvgIpc) is 2.86. The van der Waals surface area contributed by atoms with Crippen molar-refractivity contribution in [2.24, 2.45) is 11.7 Å². The molecule has 0 bridgehead atoms. The fourth-order valence-corrected chi connectivity index (χ4v) is 2.04. The normalized spacial score (nSPS) is 12.2. The summed E-state index contributed by atoms with van der Waals surface area (Å²) >= 11 is 0. The number of rotatable bonds is 4. The molecule has 0 aliphatic heterocycles. The third kappa shape index (κ3) is 3.85. The lowest BCUT2D eigenvalue weighted by Gasteiger charge is -2.19. The van der Waals surface area contributed by atoms with Crippen molar-refractivity contribution >= 4 is 23.6 Å². The van der Waals surface area contributed by atoms with Crippen molar-refractivity contribution in [3.8, 4) is 0 Å². The van der Waals surface area contributed by atoms with Crippen LogP contribution in [0.4, 0.5) is 4.79 Å². The summed E-state index contributed by atoms with van der Waals surface area (Å²) in [5.74, 6) is -1.84. The molecule has 23 heavy (non-hydrogen) atoms. The summed E-state index contributed by atoms with van der Waals surface area (Å²) in [7, 11) is 0. The van der Waals surface area contributed by atoms with E-state index in [-0.39, 0.29) is 11.6 Å². The van der Waals surface area contributed by atoms with Crippen molar-refractivity contribution < 1.29 is 19.1 Å². The maximum atomic E-state index is 12.2. The van der Waals surface area contributed by atoms with Gasteiger partial charge in [0.25, 0.3) is 5.91 Å². The van der Waals surface area contributed by atoms with Crippen LogP contribution in [-0.2, 0) is 9.53 Å². The molecule has 0 saturated heterocycles. The van der Waals surface area contributed by atoms with Crippen molar-refractivity contribution in [3.05, 3.63) is 35.8 Å². The lowest BCUT2D eigenvalue weighted by molar-refractivity contribution is -0.130. The monoisotopic (exact) mass is 318 g/mol. The summed E-state index contributed by atoms with van der Waals surface area (Å²) in [6.07, 6.45) is 2.15. The van der Waals surface area contributed by atoms with Crippen LogP contribution in [0.2, 0.25) is 0 Å². The zero-order valence-electron chi connectivity index (χ0n) is 13.1. The molecule has 2 aromatic rings. The summed E-state index contributed by atoms with van der Waals surface area (Å²) < 4.78 is 6.86. The number of imidazole rings is 1. The second-order valence-corrected chi connectivity index (χ2v) is 5.52. The highest BCUT2D eigenvalue weighted by molar-refractivity contribution is 5.98. The molecule has 0 aliphatic rings. The van der Waals surface area contributed by atoms with Crippen LogP contribution in [0.25, 0.3) is 5.65 Å². The standard InChI is InChI=1S/C15H18N4O4/c1-8(2)12(13(20)18-15(16)22)23-14(21)10-7-19-5-4-9(3)6-11(19)17-10/h4-8,12H,1-3H3,(H3,16,18,20,22)/t12-/m1/s1. The van der Waals surface area contributed by atoms with Crippen molar-refractivity contribution in [2.75, 3.05) is 0 Å². The fourth-order valence-electron chi connectivity index (χ4n) is 2.04. The van der Waals surface area contributed by atoms with Crippen LogP contribution < -0.4 is 11.1 Å². The molecule has 8 heteroatoms. The number of hydrogen-bond acceptors (Lipinski definition) is 5. The SMILES string of the molecule is Cc1ccn2cc(C(=O)O[C@@H](C(=O)NC(N)=O)C(C)C)nc2c1. The Morgan fingerprint density at radius 1 is 1.35 bits per heavy atom. The van der Waals surface area contributed by atoms with E-state index in [2.05, 4.69) is 4.98 Å². The Hall–Kier alpha value is -2.90. The molecule has 3 N–H and O–H groups in total. The van der Waals surface area contributed by atoms with Crippen LogP contribution in [0.5, 0.6) is 0 Å². The number of pyridine rings is 1. The lowest BCUT2D eigenvalue weighted by atomic mass is 10.1. The van der Waals surface area contributed by atoms with Gasteiger partial charge in [0, 0.05) is 12.4 Å². The first-order valence-electron chi connectivity index (χ1n) is 7.04. The minimum Gasteiger partial charge on any atom is -0.447 e. The Balaban J connectivity index is 2.19. The van der Waals surface area contributed by atoms with Crippen molar-refractivity contribution in [1.29, 1.82) is 0 Å². The summed E-state index contributed by atoms with van der Waals surface area (Å²) in [5.41, 5.74) is 6.59. The minimum atomic E-state index is -1.14. The number of carbonyl (C=O) groups is 3. The maximum absolute atomic E-state index is 12.2. The van der Waals surface area contributed by atoms with E-state index in [1.165, 1.54) is 6.20 Å². The molecule has 0 radical (unpaired) electrons. The number of nitrogens with zero attached hydrogens (tertiary/aromatic N) is 2. The number of hydrogen-bond donors (Lipinski definition) is 2. The Morgan fingerprint density at radius 2 is 2.04 bits per heavy atom. The van der Waals surface area contributed by atoms with Gasteiger partial charge in [0.1, 0.15) is 5.65 Å².